The topological polar surface area (TPSA) is 83.6 Å². The fourth-order valence-electron chi connectivity index (χ4n) is 1.99. The van der Waals surface area contributed by atoms with Crippen LogP contribution in [-0.2, 0) is 9.59 Å². The molecule has 0 bridgehead atoms. The summed E-state index contributed by atoms with van der Waals surface area (Å²) in [4.78, 5) is 21.2. The molecule has 5 nitrogen and oxygen atoms in total. The number of hydroxylamine groups is 2. The molecule has 0 aromatic heterocycles. The van der Waals surface area contributed by atoms with Crippen LogP contribution in [0.3, 0.4) is 0 Å². The van der Waals surface area contributed by atoms with Crippen molar-refractivity contribution in [3.63, 3.8) is 0 Å². The van der Waals surface area contributed by atoms with Gasteiger partial charge in [-0.2, -0.15) is 0 Å². The van der Waals surface area contributed by atoms with Crippen LogP contribution < -0.4 is 5.73 Å². The van der Waals surface area contributed by atoms with Crippen LogP contribution in [0.5, 0.6) is 0 Å². The first-order valence-electron chi connectivity index (χ1n) is 4.87. The Morgan fingerprint density at radius 2 is 2.14 bits per heavy atom. The van der Waals surface area contributed by atoms with Gasteiger partial charge in [0.25, 0.3) is 0 Å². The first-order valence-corrected chi connectivity index (χ1v) is 4.87. The molecule has 1 unspecified atom stereocenters. The second-order valence-corrected chi connectivity index (χ2v) is 3.79. The number of carbonyl (C=O) groups is 2. The van der Waals surface area contributed by atoms with E-state index in [0.29, 0.717) is 17.4 Å². The van der Waals surface area contributed by atoms with Gasteiger partial charge < -0.3 is 5.73 Å². The highest BCUT2D eigenvalue weighted by molar-refractivity contribution is 5.81. The van der Waals surface area contributed by atoms with Gasteiger partial charge in [-0.3, -0.25) is 14.8 Å². The van der Waals surface area contributed by atoms with E-state index in [4.69, 9.17) is 10.9 Å². The van der Waals surface area contributed by atoms with Crippen molar-refractivity contribution >= 4 is 12.3 Å². The molecule has 0 aromatic rings. The molecule has 1 saturated carbocycles. The molecule has 0 spiro atoms. The van der Waals surface area contributed by atoms with Crippen LogP contribution in [0.25, 0.3) is 0 Å². The Morgan fingerprint density at radius 1 is 1.57 bits per heavy atom. The van der Waals surface area contributed by atoms with Crippen molar-refractivity contribution in [1.82, 2.24) is 5.06 Å². The molecule has 2 amide bonds. The molecule has 1 rings (SSSR count). The Bertz CT molecular complexity index is 214. The Morgan fingerprint density at radius 3 is 2.57 bits per heavy atom. The van der Waals surface area contributed by atoms with Crippen molar-refractivity contribution in [2.45, 2.75) is 38.1 Å². The van der Waals surface area contributed by atoms with Crippen LogP contribution in [0.2, 0.25) is 0 Å². The third-order valence-electron chi connectivity index (χ3n) is 2.79. The lowest BCUT2D eigenvalue weighted by Gasteiger charge is -2.21. The zero-order valence-electron chi connectivity index (χ0n) is 8.06. The van der Waals surface area contributed by atoms with Crippen molar-refractivity contribution in [3.8, 4) is 0 Å². The largest absolute Gasteiger partial charge is 0.368 e. The molecule has 80 valence electrons. The van der Waals surface area contributed by atoms with Crippen LogP contribution in [0, 0.1) is 5.92 Å². The second kappa shape index (κ2) is 4.95. The number of hydrogen-bond acceptors (Lipinski definition) is 3. The molecule has 1 aliphatic rings. The minimum absolute atomic E-state index is 0.227. The monoisotopic (exact) mass is 200 g/mol. The van der Waals surface area contributed by atoms with E-state index in [2.05, 4.69) is 0 Å². The Labute approximate surface area is 82.8 Å². The minimum atomic E-state index is -0.865. The van der Waals surface area contributed by atoms with E-state index in [0.717, 1.165) is 25.7 Å². The summed E-state index contributed by atoms with van der Waals surface area (Å²) in [7, 11) is 0. The van der Waals surface area contributed by atoms with Gasteiger partial charge >= 0.3 is 0 Å². The minimum Gasteiger partial charge on any atom is -0.368 e. The highest BCUT2D eigenvalue weighted by Gasteiger charge is 2.27. The smallest absolute Gasteiger partial charge is 0.242 e. The van der Waals surface area contributed by atoms with E-state index in [-0.39, 0.29) is 6.41 Å². The Hall–Kier alpha value is -1.10. The van der Waals surface area contributed by atoms with Crippen LogP contribution >= 0.6 is 0 Å². The molecule has 1 aliphatic carbocycles. The number of hydrogen-bond donors (Lipinski definition) is 2. The first-order chi connectivity index (χ1) is 6.65. The van der Waals surface area contributed by atoms with Crippen molar-refractivity contribution in [1.29, 1.82) is 0 Å². The van der Waals surface area contributed by atoms with Gasteiger partial charge in [-0.15, -0.1) is 0 Å². The molecule has 1 fully saturated rings. The van der Waals surface area contributed by atoms with E-state index in [1.165, 1.54) is 0 Å². The molecule has 0 radical (unpaired) electrons. The maximum Gasteiger partial charge on any atom is 0.242 e. The summed E-state index contributed by atoms with van der Waals surface area (Å²) in [5.74, 6) is -0.242. The van der Waals surface area contributed by atoms with Gasteiger partial charge in [-0.05, 0) is 12.3 Å². The van der Waals surface area contributed by atoms with Gasteiger partial charge in [0.2, 0.25) is 12.3 Å². The molecular weight excluding hydrogens is 184 g/mol. The molecule has 0 aliphatic heterocycles. The number of amides is 2. The SMILES string of the molecule is NC(=O)C(CC1CCCC1)N(O)C=O. The van der Waals surface area contributed by atoms with Crippen LogP contribution in [0.15, 0.2) is 0 Å². The van der Waals surface area contributed by atoms with Crippen molar-refractivity contribution in [3.05, 3.63) is 0 Å². The van der Waals surface area contributed by atoms with Gasteiger partial charge in [0.1, 0.15) is 6.04 Å². The van der Waals surface area contributed by atoms with Crippen molar-refractivity contribution in [2.24, 2.45) is 11.7 Å². The number of nitrogens with two attached hydrogens (primary N) is 1. The van der Waals surface area contributed by atoms with Crippen LogP contribution in [-0.4, -0.2) is 28.6 Å². The van der Waals surface area contributed by atoms with Gasteiger partial charge in [0.05, 0.1) is 0 Å². The number of rotatable bonds is 5. The molecule has 1 atom stereocenters. The lowest BCUT2D eigenvalue weighted by atomic mass is 9.98. The van der Waals surface area contributed by atoms with E-state index in [1.54, 1.807) is 0 Å². The molecule has 0 aromatic carbocycles. The summed E-state index contributed by atoms with van der Waals surface area (Å²) in [6.45, 7) is 0. The van der Waals surface area contributed by atoms with Crippen molar-refractivity contribution in [2.75, 3.05) is 0 Å². The lowest BCUT2D eigenvalue weighted by Crippen LogP contribution is -2.43. The van der Waals surface area contributed by atoms with Gasteiger partial charge in [-0.25, -0.2) is 5.06 Å². The zero-order valence-corrected chi connectivity index (χ0v) is 8.06. The lowest BCUT2D eigenvalue weighted by molar-refractivity contribution is -0.167. The van der Waals surface area contributed by atoms with Gasteiger partial charge in [-0.1, -0.05) is 25.7 Å². The average Bonchev–Trinajstić information content (AvgIpc) is 2.65. The fourth-order valence-corrected chi connectivity index (χ4v) is 1.99. The summed E-state index contributed by atoms with van der Waals surface area (Å²) >= 11 is 0. The standard InChI is InChI=1S/C9H16N2O3/c10-9(13)8(11(14)6-12)5-7-3-1-2-4-7/h6-8,14H,1-5H2,(H2,10,13). The zero-order chi connectivity index (χ0) is 10.6. The van der Waals surface area contributed by atoms with Gasteiger partial charge in [0.15, 0.2) is 0 Å². The molecule has 0 saturated heterocycles. The van der Waals surface area contributed by atoms with Crippen LogP contribution in [0.4, 0.5) is 0 Å². The Kier molecular flexibility index (Phi) is 3.88. The summed E-state index contributed by atoms with van der Waals surface area (Å²) < 4.78 is 0. The van der Waals surface area contributed by atoms with Crippen molar-refractivity contribution < 1.29 is 14.8 Å². The highest BCUT2D eigenvalue weighted by atomic mass is 16.5. The Balaban J connectivity index is 2.49. The van der Waals surface area contributed by atoms with Crippen LogP contribution in [0.1, 0.15) is 32.1 Å². The average molecular weight is 200 g/mol. The highest BCUT2D eigenvalue weighted by Crippen LogP contribution is 2.29. The van der Waals surface area contributed by atoms with E-state index in [9.17, 15) is 9.59 Å². The summed E-state index contributed by atoms with van der Waals surface area (Å²) in [6, 6.07) is -0.865. The predicted octanol–water partition coefficient (Wildman–Crippen LogP) is 0.268. The summed E-state index contributed by atoms with van der Waals surface area (Å²) in [5.41, 5.74) is 5.09. The summed E-state index contributed by atoms with van der Waals surface area (Å²) in [5, 5.41) is 9.49. The number of primary amides is 1. The predicted molar refractivity (Wildman–Crippen MR) is 49.2 cm³/mol. The van der Waals surface area contributed by atoms with E-state index < -0.39 is 11.9 Å². The normalized spacial score (nSPS) is 19.2. The van der Waals surface area contributed by atoms with E-state index >= 15 is 0 Å². The second-order valence-electron chi connectivity index (χ2n) is 3.79. The number of carbonyl (C=O) groups excluding carboxylic acids is 2. The third kappa shape index (κ3) is 2.70. The molecule has 14 heavy (non-hydrogen) atoms. The maximum atomic E-state index is 10.9. The fraction of sp³-hybridized carbons (Fsp3) is 0.778. The molecule has 3 N–H and O–H groups in total. The number of nitrogens with zero attached hydrogens (tertiary/aromatic N) is 1. The van der Waals surface area contributed by atoms with E-state index in [1.807, 2.05) is 0 Å². The third-order valence-corrected chi connectivity index (χ3v) is 2.79. The molecule has 5 heteroatoms. The quantitative estimate of drug-likeness (QED) is 0.379. The maximum absolute atomic E-state index is 10.9. The molecular formula is C9H16N2O3. The van der Waals surface area contributed by atoms with Gasteiger partial charge in [0, 0.05) is 0 Å². The molecule has 0 heterocycles. The summed E-state index contributed by atoms with van der Waals surface area (Å²) in [6.07, 6.45) is 5.12. The first kappa shape index (κ1) is 11.0.